The second kappa shape index (κ2) is 5.69. The molecule has 2 aliphatic rings. The van der Waals surface area contributed by atoms with Crippen LogP contribution in [0.15, 0.2) is 30.3 Å². The largest absolute Gasteiger partial charge is 0.365 e. The maximum atomic E-state index is 9.69. The summed E-state index contributed by atoms with van der Waals surface area (Å²) in [6.07, 6.45) is 5.12. The van der Waals surface area contributed by atoms with Crippen LogP contribution in [-0.2, 0) is 6.42 Å². The van der Waals surface area contributed by atoms with E-state index in [4.69, 9.17) is 0 Å². The Kier molecular flexibility index (Phi) is 4.06. The molecule has 1 atom stereocenters. The predicted molar refractivity (Wildman–Crippen MR) is 84.9 cm³/mol. The minimum absolute atomic E-state index is 0.0929. The Morgan fingerprint density at radius 3 is 2.33 bits per heavy atom. The van der Waals surface area contributed by atoms with Crippen molar-refractivity contribution in [2.75, 3.05) is 20.6 Å². The van der Waals surface area contributed by atoms with Crippen molar-refractivity contribution in [3.8, 4) is 0 Å². The lowest BCUT2D eigenvalue weighted by Crippen LogP contribution is -2.56. The van der Waals surface area contributed by atoms with Crippen molar-refractivity contribution in [2.24, 2.45) is 0 Å². The Bertz CT molecular complexity index is 466. The summed E-state index contributed by atoms with van der Waals surface area (Å²) in [6.45, 7) is 0.878. The van der Waals surface area contributed by atoms with E-state index in [0.29, 0.717) is 0 Å². The van der Waals surface area contributed by atoms with Gasteiger partial charge in [-0.25, -0.2) is 0 Å². The Morgan fingerprint density at radius 2 is 1.81 bits per heavy atom. The zero-order chi connectivity index (χ0) is 14.9. The molecule has 1 saturated carbocycles. The summed E-state index contributed by atoms with van der Waals surface area (Å²) in [5.74, 6) is 0. The number of aliphatic hydroxyl groups excluding tert-OH is 1. The van der Waals surface area contributed by atoms with Gasteiger partial charge in [-0.2, -0.15) is 0 Å². The molecular formula is C17H27N3O. The van der Waals surface area contributed by atoms with Gasteiger partial charge in [0.25, 0.3) is 0 Å². The van der Waals surface area contributed by atoms with E-state index in [9.17, 15) is 5.11 Å². The Labute approximate surface area is 127 Å². The molecule has 1 saturated heterocycles. The van der Waals surface area contributed by atoms with Crippen LogP contribution in [0.4, 0.5) is 0 Å². The highest BCUT2D eigenvalue weighted by Crippen LogP contribution is 2.40. The molecule has 4 nitrogen and oxygen atoms in total. The third-order valence-electron chi connectivity index (χ3n) is 5.54. The SMILES string of the molecule is CN(C)C1(Cc2ccccc2)CCC2(CC1)CNC(O)N2. The highest BCUT2D eigenvalue weighted by Gasteiger charge is 2.46. The van der Waals surface area contributed by atoms with Gasteiger partial charge in [0.05, 0.1) is 0 Å². The molecule has 1 aliphatic carbocycles. The first-order valence-electron chi connectivity index (χ1n) is 7.94. The molecule has 3 rings (SSSR count). The average molecular weight is 289 g/mol. The lowest BCUT2D eigenvalue weighted by Gasteiger charge is -2.48. The third kappa shape index (κ3) is 2.99. The summed E-state index contributed by atoms with van der Waals surface area (Å²) in [5, 5.41) is 16.1. The second-order valence-electron chi connectivity index (χ2n) is 6.99. The smallest absolute Gasteiger partial charge is 0.161 e. The summed E-state index contributed by atoms with van der Waals surface area (Å²) < 4.78 is 0. The molecule has 0 radical (unpaired) electrons. The van der Waals surface area contributed by atoms with E-state index in [-0.39, 0.29) is 11.1 Å². The van der Waals surface area contributed by atoms with Crippen LogP contribution in [0.1, 0.15) is 31.2 Å². The Hall–Kier alpha value is -0.940. The summed E-state index contributed by atoms with van der Waals surface area (Å²) in [5.41, 5.74) is 1.75. The lowest BCUT2D eigenvalue weighted by molar-refractivity contribution is 0.0524. The van der Waals surface area contributed by atoms with Crippen LogP contribution in [0.5, 0.6) is 0 Å². The number of nitrogens with one attached hydrogen (secondary N) is 2. The minimum Gasteiger partial charge on any atom is -0.365 e. The van der Waals surface area contributed by atoms with Crippen molar-refractivity contribution in [1.82, 2.24) is 15.5 Å². The second-order valence-corrected chi connectivity index (χ2v) is 6.99. The van der Waals surface area contributed by atoms with Crippen molar-refractivity contribution >= 4 is 0 Å². The van der Waals surface area contributed by atoms with E-state index in [1.807, 2.05) is 0 Å². The van der Waals surface area contributed by atoms with Gasteiger partial charge in [-0.3, -0.25) is 10.6 Å². The van der Waals surface area contributed by atoms with Crippen LogP contribution in [0.3, 0.4) is 0 Å². The van der Waals surface area contributed by atoms with Gasteiger partial charge in [-0.05, 0) is 51.8 Å². The first-order chi connectivity index (χ1) is 10.0. The number of nitrogens with zero attached hydrogens (tertiary/aromatic N) is 1. The number of hydrogen-bond donors (Lipinski definition) is 3. The van der Waals surface area contributed by atoms with Gasteiger partial charge >= 0.3 is 0 Å². The number of rotatable bonds is 3. The quantitative estimate of drug-likeness (QED) is 0.785. The fraction of sp³-hybridized carbons (Fsp3) is 0.647. The molecule has 1 heterocycles. The standard InChI is InChI=1S/C17H27N3O/c1-20(2)17(12-14-6-4-3-5-7-14)10-8-16(9-11-17)13-18-15(21)19-16/h3-7,15,18-19,21H,8-13H2,1-2H3. The van der Waals surface area contributed by atoms with Crippen LogP contribution in [0.25, 0.3) is 0 Å². The molecule has 116 valence electrons. The van der Waals surface area contributed by atoms with Crippen molar-refractivity contribution < 1.29 is 5.11 Å². The van der Waals surface area contributed by atoms with E-state index in [1.54, 1.807) is 0 Å². The van der Waals surface area contributed by atoms with Crippen LogP contribution >= 0.6 is 0 Å². The fourth-order valence-electron chi connectivity index (χ4n) is 3.96. The van der Waals surface area contributed by atoms with Gasteiger partial charge < -0.3 is 10.0 Å². The monoisotopic (exact) mass is 289 g/mol. The van der Waals surface area contributed by atoms with Gasteiger partial charge in [-0.15, -0.1) is 0 Å². The van der Waals surface area contributed by atoms with E-state index in [1.165, 1.54) is 5.56 Å². The molecule has 1 spiro atoms. The van der Waals surface area contributed by atoms with E-state index in [2.05, 4.69) is 60.0 Å². The molecule has 1 aliphatic heterocycles. The molecule has 3 N–H and O–H groups in total. The summed E-state index contributed by atoms with van der Waals surface area (Å²) in [6, 6.07) is 10.8. The van der Waals surface area contributed by atoms with Crippen LogP contribution in [0, 0.1) is 0 Å². The van der Waals surface area contributed by atoms with Gasteiger partial charge in [0, 0.05) is 17.6 Å². The molecule has 4 heteroatoms. The van der Waals surface area contributed by atoms with Crippen molar-refractivity contribution in [3.63, 3.8) is 0 Å². The number of benzene rings is 1. The lowest BCUT2D eigenvalue weighted by atomic mass is 9.69. The summed E-state index contributed by atoms with van der Waals surface area (Å²) in [4.78, 5) is 2.41. The van der Waals surface area contributed by atoms with E-state index in [0.717, 1.165) is 38.6 Å². The van der Waals surface area contributed by atoms with E-state index >= 15 is 0 Å². The first kappa shape index (κ1) is 15.0. The molecular weight excluding hydrogens is 262 g/mol. The predicted octanol–water partition coefficient (Wildman–Crippen LogP) is 1.31. The van der Waals surface area contributed by atoms with Crippen molar-refractivity contribution in [2.45, 2.75) is 49.5 Å². The number of hydrogen-bond acceptors (Lipinski definition) is 4. The molecule has 0 aromatic heterocycles. The Balaban J connectivity index is 1.72. The van der Waals surface area contributed by atoms with Crippen molar-refractivity contribution in [1.29, 1.82) is 0 Å². The average Bonchev–Trinajstić information content (AvgIpc) is 2.84. The normalized spacial score (nSPS) is 36.5. The Morgan fingerprint density at radius 1 is 1.14 bits per heavy atom. The minimum atomic E-state index is -0.536. The molecule has 1 aromatic rings. The van der Waals surface area contributed by atoms with E-state index < -0.39 is 6.35 Å². The third-order valence-corrected chi connectivity index (χ3v) is 5.54. The van der Waals surface area contributed by atoms with Crippen LogP contribution in [-0.4, -0.2) is 48.1 Å². The maximum absolute atomic E-state index is 9.69. The zero-order valence-corrected chi connectivity index (χ0v) is 13.1. The zero-order valence-electron chi connectivity index (χ0n) is 13.1. The molecule has 0 amide bonds. The first-order valence-corrected chi connectivity index (χ1v) is 7.94. The topological polar surface area (TPSA) is 47.5 Å². The molecule has 1 unspecified atom stereocenters. The summed E-state index contributed by atoms with van der Waals surface area (Å²) >= 11 is 0. The number of likely N-dealkylation sites (N-methyl/N-ethyl adjacent to an activating group) is 1. The van der Waals surface area contributed by atoms with Crippen LogP contribution < -0.4 is 10.6 Å². The number of aliphatic hydroxyl groups is 1. The molecule has 21 heavy (non-hydrogen) atoms. The van der Waals surface area contributed by atoms with Crippen LogP contribution in [0.2, 0.25) is 0 Å². The summed E-state index contributed by atoms with van der Waals surface area (Å²) in [7, 11) is 4.41. The van der Waals surface area contributed by atoms with Gasteiger partial charge in [0.1, 0.15) is 0 Å². The van der Waals surface area contributed by atoms with Gasteiger partial charge in [0.2, 0.25) is 0 Å². The van der Waals surface area contributed by atoms with Crippen molar-refractivity contribution in [3.05, 3.63) is 35.9 Å². The van der Waals surface area contributed by atoms with Gasteiger partial charge in [0.15, 0.2) is 6.35 Å². The highest BCUT2D eigenvalue weighted by atomic mass is 16.3. The fourth-order valence-corrected chi connectivity index (χ4v) is 3.96. The van der Waals surface area contributed by atoms with Gasteiger partial charge in [-0.1, -0.05) is 30.3 Å². The maximum Gasteiger partial charge on any atom is 0.161 e. The molecule has 2 fully saturated rings. The molecule has 0 bridgehead atoms. The molecule has 1 aromatic carbocycles. The highest BCUT2D eigenvalue weighted by molar-refractivity contribution is 5.19.